The van der Waals surface area contributed by atoms with E-state index in [0.717, 1.165) is 12.7 Å². The summed E-state index contributed by atoms with van der Waals surface area (Å²) in [6.07, 6.45) is 9.94. The van der Waals surface area contributed by atoms with Crippen LogP contribution in [0.3, 0.4) is 0 Å². The number of nitrogens with one attached hydrogen (secondary N) is 1. The first-order valence-electron chi connectivity index (χ1n) is 10.3. The Bertz CT molecular complexity index is 1420. The summed E-state index contributed by atoms with van der Waals surface area (Å²) in [6.45, 7) is 1.97. The fraction of sp³-hybridized carbons (Fsp3) is 0.217. The molecule has 0 saturated carbocycles. The zero-order valence-corrected chi connectivity index (χ0v) is 18.9. The minimum atomic E-state index is -3.43. The zero-order valence-electron chi connectivity index (χ0n) is 18.1. The van der Waals surface area contributed by atoms with E-state index in [1.54, 1.807) is 35.4 Å². The Morgan fingerprint density at radius 3 is 2.52 bits per heavy atom. The van der Waals surface area contributed by atoms with Gasteiger partial charge in [0, 0.05) is 30.2 Å². The van der Waals surface area contributed by atoms with Crippen molar-refractivity contribution in [2.75, 3.05) is 6.26 Å². The van der Waals surface area contributed by atoms with Crippen LogP contribution in [0.2, 0.25) is 0 Å². The molecule has 170 valence electrons. The van der Waals surface area contributed by atoms with Crippen molar-refractivity contribution in [3.8, 4) is 5.69 Å². The van der Waals surface area contributed by atoms with E-state index in [0.29, 0.717) is 34.1 Å². The maximum atomic E-state index is 13.3. The Balaban J connectivity index is 1.67. The van der Waals surface area contributed by atoms with Crippen LogP contribution in [0.15, 0.2) is 66.2 Å². The maximum Gasteiger partial charge on any atom is 0.254 e. The smallest absolute Gasteiger partial charge is 0.254 e. The SMILES string of the molecule is CCC[C@H](NC(=O)c1cncc2c1cnn2-c1ccc(F)cc1)c1cncc(S(C)(=O)=O)c1. The van der Waals surface area contributed by atoms with Crippen molar-refractivity contribution < 1.29 is 17.6 Å². The molecule has 3 heterocycles. The van der Waals surface area contributed by atoms with Gasteiger partial charge in [-0.25, -0.2) is 17.5 Å². The molecule has 10 heteroatoms. The van der Waals surface area contributed by atoms with Gasteiger partial charge in [-0.15, -0.1) is 0 Å². The van der Waals surface area contributed by atoms with Gasteiger partial charge in [-0.3, -0.25) is 14.8 Å². The second-order valence-electron chi connectivity index (χ2n) is 7.69. The molecule has 8 nitrogen and oxygen atoms in total. The van der Waals surface area contributed by atoms with Gasteiger partial charge in [-0.05, 0) is 42.3 Å². The minimum absolute atomic E-state index is 0.0969. The first kappa shape index (κ1) is 22.5. The van der Waals surface area contributed by atoms with Crippen LogP contribution >= 0.6 is 0 Å². The average Bonchev–Trinajstić information content (AvgIpc) is 3.23. The average molecular weight is 468 g/mol. The van der Waals surface area contributed by atoms with E-state index in [9.17, 15) is 17.6 Å². The minimum Gasteiger partial charge on any atom is -0.345 e. The number of halogens is 1. The molecule has 0 fully saturated rings. The van der Waals surface area contributed by atoms with Crippen molar-refractivity contribution >= 4 is 26.6 Å². The highest BCUT2D eigenvalue weighted by Gasteiger charge is 2.21. The van der Waals surface area contributed by atoms with Crippen LogP contribution in [-0.2, 0) is 9.84 Å². The number of pyridine rings is 2. The lowest BCUT2D eigenvalue weighted by Crippen LogP contribution is -2.29. The number of fused-ring (bicyclic) bond motifs is 1. The number of carbonyl (C=O) groups is 1. The molecule has 0 radical (unpaired) electrons. The lowest BCUT2D eigenvalue weighted by molar-refractivity contribution is 0.0935. The summed E-state index contributed by atoms with van der Waals surface area (Å²) in [5, 5.41) is 7.91. The first-order valence-corrected chi connectivity index (χ1v) is 12.2. The molecule has 0 spiro atoms. The summed E-state index contributed by atoms with van der Waals surface area (Å²) in [7, 11) is -3.43. The molecular weight excluding hydrogens is 445 g/mol. The molecule has 0 bridgehead atoms. The van der Waals surface area contributed by atoms with Gasteiger partial charge in [0.25, 0.3) is 5.91 Å². The number of amides is 1. The van der Waals surface area contributed by atoms with E-state index in [-0.39, 0.29) is 16.6 Å². The third kappa shape index (κ3) is 4.75. The van der Waals surface area contributed by atoms with Gasteiger partial charge in [0.15, 0.2) is 9.84 Å². The predicted octanol–water partition coefficient (Wildman–Crippen LogP) is 3.63. The van der Waals surface area contributed by atoms with Crippen molar-refractivity contribution in [2.45, 2.75) is 30.7 Å². The second kappa shape index (κ2) is 9.07. The molecule has 33 heavy (non-hydrogen) atoms. The number of hydrogen-bond acceptors (Lipinski definition) is 6. The summed E-state index contributed by atoms with van der Waals surface area (Å²) < 4.78 is 38.7. The molecule has 1 aromatic carbocycles. The summed E-state index contributed by atoms with van der Waals surface area (Å²) in [6, 6.07) is 6.95. The number of carbonyl (C=O) groups excluding carboxylic acids is 1. The highest BCUT2D eigenvalue weighted by molar-refractivity contribution is 7.90. The van der Waals surface area contributed by atoms with Crippen LogP contribution < -0.4 is 5.32 Å². The molecule has 1 N–H and O–H groups in total. The van der Waals surface area contributed by atoms with Crippen molar-refractivity contribution in [1.82, 2.24) is 25.1 Å². The third-order valence-corrected chi connectivity index (χ3v) is 6.34. The molecule has 0 aliphatic rings. The third-order valence-electron chi connectivity index (χ3n) is 5.26. The van der Waals surface area contributed by atoms with E-state index in [1.165, 1.54) is 30.6 Å². The maximum absolute atomic E-state index is 13.3. The normalized spacial score (nSPS) is 12.6. The Morgan fingerprint density at radius 1 is 1.09 bits per heavy atom. The molecular formula is C23H22FN5O3S. The summed E-state index contributed by atoms with van der Waals surface area (Å²) in [5.74, 6) is -0.722. The highest BCUT2D eigenvalue weighted by Crippen LogP contribution is 2.24. The Labute approximate surface area is 190 Å². The fourth-order valence-corrected chi connectivity index (χ4v) is 4.19. The predicted molar refractivity (Wildman–Crippen MR) is 121 cm³/mol. The monoisotopic (exact) mass is 467 g/mol. The van der Waals surface area contributed by atoms with Gasteiger partial charge in [-0.1, -0.05) is 13.3 Å². The largest absolute Gasteiger partial charge is 0.345 e. The lowest BCUT2D eigenvalue weighted by atomic mass is 10.0. The van der Waals surface area contributed by atoms with Gasteiger partial charge in [0.05, 0.1) is 40.1 Å². The van der Waals surface area contributed by atoms with Gasteiger partial charge >= 0.3 is 0 Å². The highest BCUT2D eigenvalue weighted by atomic mass is 32.2. The van der Waals surface area contributed by atoms with Crippen LogP contribution in [0.25, 0.3) is 16.6 Å². The molecule has 3 aromatic heterocycles. The molecule has 0 aliphatic carbocycles. The lowest BCUT2D eigenvalue weighted by Gasteiger charge is -2.19. The number of benzene rings is 1. The van der Waals surface area contributed by atoms with Crippen molar-refractivity contribution in [3.63, 3.8) is 0 Å². The summed E-state index contributed by atoms with van der Waals surface area (Å²) in [4.78, 5) is 21.5. The van der Waals surface area contributed by atoms with Crippen molar-refractivity contribution in [1.29, 1.82) is 0 Å². The Hall–Kier alpha value is -3.66. The van der Waals surface area contributed by atoms with Crippen LogP contribution in [0.5, 0.6) is 0 Å². The number of rotatable bonds is 7. The molecule has 0 saturated heterocycles. The van der Waals surface area contributed by atoms with Crippen LogP contribution in [-0.4, -0.2) is 40.3 Å². The van der Waals surface area contributed by atoms with Crippen LogP contribution in [0, 0.1) is 5.82 Å². The summed E-state index contributed by atoms with van der Waals surface area (Å²) >= 11 is 0. The Kier molecular flexibility index (Phi) is 6.19. The zero-order chi connectivity index (χ0) is 23.6. The van der Waals surface area contributed by atoms with Gasteiger partial charge < -0.3 is 5.32 Å². The first-order chi connectivity index (χ1) is 15.8. The number of hydrogen-bond donors (Lipinski definition) is 1. The molecule has 0 aliphatic heterocycles. The van der Waals surface area contributed by atoms with Crippen molar-refractivity contribution in [2.24, 2.45) is 0 Å². The molecule has 0 unspecified atom stereocenters. The van der Waals surface area contributed by atoms with Gasteiger partial charge in [0.2, 0.25) is 0 Å². The topological polar surface area (TPSA) is 107 Å². The Morgan fingerprint density at radius 2 is 1.82 bits per heavy atom. The standard InChI is InChI=1S/C23H22FN5O3S/c1-3-4-21(15-9-18(11-25-10-15)33(2,31)32)28-23(30)20-12-26-14-22-19(20)13-27-29(22)17-7-5-16(24)6-8-17/h5-14,21H,3-4H2,1-2H3,(H,28,30)/t21-/m0/s1. The van der Waals surface area contributed by atoms with E-state index in [2.05, 4.69) is 20.4 Å². The van der Waals surface area contributed by atoms with E-state index < -0.39 is 15.9 Å². The molecule has 4 rings (SSSR count). The molecule has 1 atom stereocenters. The second-order valence-corrected chi connectivity index (χ2v) is 9.71. The van der Waals surface area contributed by atoms with Crippen LogP contribution in [0.1, 0.15) is 41.7 Å². The quantitative estimate of drug-likeness (QED) is 0.445. The summed E-state index contributed by atoms with van der Waals surface area (Å²) in [5.41, 5.74) is 2.17. The fourth-order valence-electron chi connectivity index (χ4n) is 3.59. The van der Waals surface area contributed by atoms with Gasteiger partial charge in [-0.2, -0.15) is 5.10 Å². The van der Waals surface area contributed by atoms with Crippen LogP contribution in [0.4, 0.5) is 4.39 Å². The van der Waals surface area contributed by atoms with Gasteiger partial charge in [0.1, 0.15) is 5.82 Å². The van der Waals surface area contributed by atoms with E-state index in [4.69, 9.17) is 0 Å². The van der Waals surface area contributed by atoms with E-state index in [1.807, 2.05) is 6.92 Å². The molecule has 1 amide bonds. The number of aromatic nitrogens is 4. The van der Waals surface area contributed by atoms with Crippen molar-refractivity contribution in [3.05, 3.63) is 78.3 Å². The van der Waals surface area contributed by atoms with E-state index >= 15 is 0 Å². The number of sulfone groups is 1. The molecule has 4 aromatic rings. The number of nitrogens with zero attached hydrogens (tertiary/aromatic N) is 4.